The average molecular weight is 448 g/mol. The van der Waals surface area contributed by atoms with Crippen LogP contribution in [0.2, 0.25) is 0 Å². The van der Waals surface area contributed by atoms with E-state index in [1.807, 2.05) is 7.05 Å². The highest BCUT2D eigenvalue weighted by atomic mass is 16.7. The molecule has 2 aliphatic heterocycles. The highest BCUT2D eigenvalue weighted by Gasteiger charge is 2.48. The van der Waals surface area contributed by atoms with Crippen LogP contribution in [0.25, 0.3) is 0 Å². The predicted molar refractivity (Wildman–Crippen MR) is 114 cm³/mol. The topological polar surface area (TPSA) is 180 Å². The van der Waals surface area contributed by atoms with Crippen LogP contribution in [0, 0.1) is 0 Å². The van der Waals surface area contributed by atoms with Crippen LogP contribution >= 0.6 is 0 Å². The molecular formula is C20H41N5O6. The Morgan fingerprint density at radius 2 is 1.65 bits per heavy atom. The first-order valence-electron chi connectivity index (χ1n) is 11.2. The molecule has 182 valence electrons. The number of aliphatic hydroxyl groups is 2. The molecule has 31 heavy (non-hydrogen) atoms. The second-order valence-electron chi connectivity index (χ2n) is 9.37. The van der Waals surface area contributed by atoms with Crippen molar-refractivity contribution in [2.24, 2.45) is 17.2 Å². The summed E-state index contributed by atoms with van der Waals surface area (Å²) >= 11 is 0. The Kier molecular flexibility index (Phi) is 8.66. The van der Waals surface area contributed by atoms with Gasteiger partial charge in [0.05, 0.1) is 37.0 Å². The molecule has 0 aromatic heterocycles. The van der Waals surface area contributed by atoms with Crippen molar-refractivity contribution in [3.8, 4) is 0 Å². The monoisotopic (exact) mass is 447 g/mol. The van der Waals surface area contributed by atoms with Crippen LogP contribution in [0.15, 0.2) is 0 Å². The number of likely N-dealkylation sites (N-methyl/N-ethyl adjacent to an activating group) is 2. The van der Waals surface area contributed by atoms with Gasteiger partial charge in [0.15, 0.2) is 12.6 Å². The maximum absolute atomic E-state index is 10.7. The number of aliphatic hydroxyl groups excluding tert-OH is 1. The first kappa shape index (κ1) is 25.2. The van der Waals surface area contributed by atoms with Crippen LogP contribution < -0.4 is 27.8 Å². The molecule has 3 fully saturated rings. The van der Waals surface area contributed by atoms with Crippen molar-refractivity contribution < 1.29 is 29.2 Å². The fourth-order valence-corrected chi connectivity index (χ4v) is 4.80. The van der Waals surface area contributed by atoms with Gasteiger partial charge in [0.1, 0.15) is 11.7 Å². The Morgan fingerprint density at radius 3 is 2.26 bits per heavy atom. The van der Waals surface area contributed by atoms with Gasteiger partial charge < -0.3 is 57.0 Å². The van der Waals surface area contributed by atoms with E-state index < -0.39 is 36.4 Å². The normalized spacial score (nSPS) is 49.2. The summed E-state index contributed by atoms with van der Waals surface area (Å²) in [6.07, 6.45) is -0.652. The van der Waals surface area contributed by atoms with E-state index in [9.17, 15) is 10.2 Å². The van der Waals surface area contributed by atoms with Gasteiger partial charge in [-0.15, -0.1) is 0 Å². The van der Waals surface area contributed by atoms with Crippen molar-refractivity contribution in [1.82, 2.24) is 10.6 Å². The molecule has 10 N–H and O–H groups in total. The van der Waals surface area contributed by atoms with Gasteiger partial charge in [-0.2, -0.15) is 0 Å². The van der Waals surface area contributed by atoms with Gasteiger partial charge in [-0.3, -0.25) is 0 Å². The summed E-state index contributed by atoms with van der Waals surface area (Å²) < 4.78 is 23.9. The zero-order valence-corrected chi connectivity index (χ0v) is 18.8. The minimum absolute atomic E-state index is 0.0270. The molecular weight excluding hydrogens is 406 g/mol. The maximum Gasteiger partial charge on any atom is 0.185 e. The zero-order chi connectivity index (χ0) is 22.8. The molecule has 0 bridgehead atoms. The van der Waals surface area contributed by atoms with Crippen molar-refractivity contribution in [3.05, 3.63) is 0 Å². The van der Waals surface area contributed by atoms with Gasteiger partial charge in [-0.25, -0.2) is 0 Å². The van der Waals surface area contributed by atoms with Crippen molar-refractivity contribution >= 4 is 0 Å². The highest BCUT2D eigenvalue weighted by molar-refractivity contribution is 4.99. The van der Waals surface area contributed by atoms with Crippen LogP contribution in [0.1, 0.15) is 32.6 Å². The lowest BCUT2D eigenvalue weighted by atomic mass is 9.86. The molecule has 0 spiro atoms. The minimum atomic E-state index is -1.21. The van der Waals surface area contributed by atoms with Crippen LogP contribution in [0.4, 0.5) is 0 Å². The third-order valence-corrected chi connectivity index (χ3v) is 6.65. The summed E-state index contributed by atoms with van der Waals surface area (Å²) in [7, 11) is 3.56. The lowest BCUT2D eigenvalue weighted by molar-refractivity contribution is -0.291. The van der Waals surface area contributed by atoms with E-state index in [-0.39, 0.29) is 36.9 Å². The number of nitrogens with two attached hydrogens (primary N) is 3. The predicted octanol–water partition coefficient (Wildman–Crippen LogP) is -2.69. The van der Waals surface area contributed by atoms with Gasteiger partial charge in [-0.05, 0) is 40.3 Å². The number of nitrogens with one attached hydrogen (secondary N) is 2. The Hall–Kier alpha value is -0.440. The molecule has 11 unspecified atom stereocenters. The number of ether oxygens (including phenoxy) is 4. The first-order valence-corrected chi connectivity index (χ1v) is 11.2. The van der Waals surface area contributed by atoms with Crippen LogP contribution in [-0.4, -0.2) is 104 Å². The van der Waals surface area contributed by atoms with Crippen molar-refractivity contribution in [1.29, 1.82) is 0 Å². The van der Waals surface area contributed by atoms with E-state index in [4.69, 9.17) is 36.1 Å². The molecule has 2 saturated heterocycles. The molecule has 2 heterocycles. The van der Waals surface area contributed by atoms with Gasteiger partial charge in [0.2, 0.25) is 0 Å². The molecule has 0 radical (unpaired) electrons. The molecule has 3 rings (SSSR count). The van der Waals surface area contributed by atoms with E-state index in [0.29, 0.717) is 12.8 Å². The molecule has 11 nitrogen and oxygen atoms in total. The molecule has 0 amide bonds. The Morgan fingerprint density at radius 1 is 1.00 bits per heavy atom. The smallest absolute Gasteiger partial charge is 0.185 e. The summed E-state index contributed by atoms with van der Waals surface area (Å²) in [6.45, 7) is 2.37. The standard InChI is InChI=1S/C20H41N5O6/c1-20(27)9-28-19(16(26)17(20)25-3)31-15-7-14(12(22)6-13(15)23)30-18-11(21)5-4-10(29-18)8-24-2/h10-19,24-27H,4-9,21-23H2,1-3H3. The van der Waals surface area contributed by atoms with Crippen molar-refractivity contribution in [2.45, 2.75) is 99.4 Å². The SMILES string of the molecule is CNCC1CCC(N)C(OC2CC(OC3OCC(C)(O)C(NC)C3O)C(N)CC2N)O1. The zero-order valence-electron chi connectivity index (χ0n) is 18.8. The maximum atomic E-state index is 10.7. The second-order valence-corrected chi connectivity index (χ2v) is 9.37. The van der Waals surface area contributed by atoms with E-state index in [0.717, 1.165) is 19.4 Å². The van der Waals surface area contributed by atoms with Crippen LogP contribution in [-0.2, 0) is 18.9 Å². The molecule has 0 aromatic rings. The lowest BCUT2D eigenvalue weighted by Crippen LogP contribution is -2.66. The Bertz CT molecular complexity index is 572. The third kappa shape index (κ3) is 5.92. The average Bonchev–Trinajstić information content (AvgIpc) is 2.70. The van der Waals surface area contributed by atoms with Crippen molar-refractivity contribution in [3.63, 3.8) is 0 Å². The summed E-state index contributed by atoms with van der Waals surface area (Å²) in [5.41, 5.74) is 17.7. The Labute approximate surface area is 184 Å². The van der Waals surface area contributed by atoms with Gasteiger partial charge >= 0.3 is 0 Å². The summed E-state index contributed by atoms with van der Waals surface area (Å²) in [5.74, 6) is 0. The summed E-state index contributed by atoms with van der Waals surface area (Å²) in [4.78, 5) is 0. The number of hydrogen-bond acceptors (Lipinski definition) is 11. The molecule has 11 atom stereocenters. The quantitative estimate of drug-likeness (QED) is 0.216. The fraction of sp³-hybridized carbons (Fsp3) is 1.00. The van der Waals surface area contributed by atoms with E-state index in [1.54, 1.807) is 14.0 Å². The summed E-state index contributed by atoms with van der Waals surface area (Å²) in [6, 6.07) is -1.44. The van der Waals surface area contributed by atoms with Gasteiger partial charge in [-0.1, -0.05) is 0 Å². The van der Waals surface area contributed by atoms with Crippen LogP contribution in [0.5, 0.6) is 0 Å². The van der Waals surface area contributed by atoms with E-state index >= 15 is 0 Å². The van der Waals surface area contributed by atoms with Crippen molar-refractivity contribution in [2.75, 3.05) is 27.2 Å². The first-order chi connectivity index (χ1) is 14.7. The molecule has 1 aliphatic carbocycles. The van der Waals surface area contributed by atoms with Gasteiger partial charge in [0, 0.05) is 25.0 Å². The molecule has 1 saturated carbocycles. The number of hydrogen-bond donors (Lipinski definition) is 7. The lowest BCUT2D eigenvalue weighted by Gasteiger charge is -2.47. The van der Waals surface area contributed by atoms with E-state index in [1.165, 1.54) is 0 Å². The van der Waals surface area contributed by atoms with Gasteiger partial charge in [0.25, 0.3) is 0 Å². The third-order valence-electron chi connectivity index (χ3n) is 6.65. The second kappa shape index (κ2) is 10.7. The van der Waals surface area contributed by atoms with E-state index in [2.05, 4.69) is 10.6 Å². The molecule has 0 aromatic carbocycles. The highest BCUT2D eigenvalue weighted by Crippen LogP contribution is 2.31. The Balaban J connectivity index is 1.61. The van der Waals surface area contributed by atoms with Crippen LogP contribution in [0.3, 0.4) is 0 Å². The minimum Gasteiger partial charge on any atom is -0.386 e. The largest absolute Gasteiger partial charge is 0.386 e. The number of rotatable bonds is 7. The fourth-order valence-electron chi connectivity index (χ4n) is 4.80. The molecule has 11 heteroatoms. The summed E-state index contributed by atoms with van der Waals surface area (Å²) in [5, 5.41) is 27.2. The molecule has 3 aliphatic rings.